The van der Waals surface area contributed by atoms with Gasteiger partial charge in [0.1, 0.15) is 0 Å². The standard InChI is InChI=1S/C12H19N5O2/c1-9(18)15-10-4-3-5-11(8-10)16-12(17-13)14-6-7-19-2/h3-5,8H,6-7,13H2,1-2H3,(H,15,18)(H2,14,16,17). The number of aliphatic imine (C=N–C) groups is 1. The highest BCUT2D eigenvalue weighted by molar-refractivity contribution is 5.94. The highest BCUT2D eigenvalue weighted by atomic mass is 16.5. The number of nitrogens with one attached hydrogen (secondary N) is 3. The quantitative estimate of drug-likeness (QED) is 0.204. The second kappa shape index (κ2) is 8.06. The first-order chi connectivity index (χ1) is 9.15. The van der Waals surface area contributed by atoms with Gasteiger partial charge >= 0.3 is 0 Å². The lowest BCUT2D eigenvalue weighted by Gasteiger charge is -2.10. The van der Waals surface area contributed by atoms with Crippen molar-refractivity contribution in [3.63, 3.8) is 0 Å². The molecular weight excluding hydrogens is 246 g/mol. The summed E-state index contributed by atoms with van der Waals surface area (Å²) in [5, 5.41) is 5.71. The van der Waals surface area contributed by atoms with Gasteiger partial charge in [0.05, 0.1) is 13.2 Å². The average Bonchev–Trinajstić information content (AvgIpc) is 2.37. The third-order valence-corrected chi connectivity index (χ3v) is 2.15. The number of guanidine groups is 1. The molecule has 0 aliphatic heterocycles. The number of rotatable bonds is 5. The van der Waals surface area contributed by atoms with Crippen LogP contribution in [0.3, 0.4) is 0 Å². The van der Waals surface area contributed by atoms with Crippen LogP contribution in [0.1, 0.15) is 6.92 Å². The number of hydrazine groups is 1. The Morgan fingerprint density at radius 1 is 1.37 bits per heavy atom. The van der Waals surface area contributed by atoms with Gasteiger partial charge in [-0.25, -0.2) is 10.8 Å². The fraction of sp³-hybridized carbons (Fsp3) is 0.333. The fourth-order valence-electron chi connectivity index (χ4n) is 1.38. The van der Waals surface area contributed by atoms with Gasteiger partial charge in [-0.1, -0.05) is 6.07 Å². The van der Waals surface area contributed by atoms with Gasteiger partial charge in [0.25, 0.3) is 0 Å². The van der Waals surface area contributed by atoms with Gasteiger partial charge in [-0.05, 0) is 18.2 Å². The van der Waals surface area contributed by atoms with Crippen LogP contribution in [0.4, 0.5) is 11.4 Å². The third kappa shape index (κ3) is 5.84. The third-order valence-electron chi connectivity index (χ3n) is 2.15. The van der Waals surface area contributed by atoms with Crippen molar-refractivity contribution in [2.45, 2.75) is 6.92 Å². The van der Waals surface area contributed by atoms with Crippen molar-refractivity contribution < 1.29 is 9.53 Å². The molecule has 1 amide bonds. The van der Waals surface area contributed by atoms with E-state index in [2.05, 4.69) is 21.1 Å². The van der Waals surface area contributed by atoms with Crippen molar-refractivity contribution in [2.24, 2.45) is 10.8 Å². The number of amides is 1. The van der Waals surface area contributed by atoms with Crippen LogP contribution in [0.5, 0.6) is 0 Å². The molecule has 19 heavy (non-hydrogen) atoms. The summed E-state index contributed by atoms with van der Waals surface area (Å²) >= 11 is 0. The summed E-state index contributed by atoms with van der Waals surface area (Å²) in [4.78, 5) is 15.2. The Bertz CT molecular complexity index is 448. The van der Waals surface area contributed by atoms with Gasteiger partial charge in [-0.15, -0.1) is 0 Å². The Morgan fingerprint density at radius 3 is 2.63 bits per heavy atom. The van der Waals surface area contributed by atoms with Crippen LogP contribution in [-0.4, -0.2) is 32.1 Å². The number of carbonyl (C=O) groups is 1. The molecule has 0 unspecified atom stereocenters. The number of benzene rings is 1. The number of hydrogen-bond donors (Lipinski definition) is 4. The lowest BCUT2D eigenvalue weighted by Crippen LogP contribution is -2.36. The second-order valence-corrected chi connectivity index (χ2v) is 3.75. The molecule has 0 saturated heterocycles. The van der Waals surface area contributed by atoms with Crippen LogP contribution in [0.15, 0.2) is 29.3 Å². The monoisotopic (exact) mass is 265 g/mol. The Hall–Kier alpha value is -2.12. The number of ether oxygens (including phenoxy) is 1. The molecule has 0 aromatic heterocycles. The zero-order chi connectivity index (χ0) is 14.1. The minimum absolute atomic E-state index is 0.122. The summed E-state index contributed by atoms with van der Waals surface area (Å²) in [6, 6.07) is 7.24. The zero-order valence-corrected chi connectivity index (χ0v) is 11.1. The topological polar surface area (TPSA) is 101 Å². The number of nitrogens with two attached hydrogens (primary N) is 1. The minimum Gasteiger partial charge on any atom is -0.383 e. The molecule has 0 fully saturated rings. The predicted octanol–water partition coefficient (Wildman–Crippen LogP) is 0.523. The molecule has 7 heteroatoms. The van der Waals surface area contributed by atoms with Crippen molar-refractivity contribution in [3.05, 3.63) is 24.3 Å². The van der Waals surface area contributed by atoms with E-state index < -0.39 is 0 Å². The van der Waals surface area contributed by atoms with Gasteiger partial charge in [-0.2, -0.15) is 0 Å². The maximum absolute atomic E-state index is 11.0. The Balaban J connectivity index is 2.68. The van der Waals surface area contributed by atoms with Gasteiger partial charge in [-0.3, -0.25) is 10.2 Å². The molecule has 0 spiro atoms. The minimum atomic E-state index is -0.122. The molecule has 0 atom stereocenters. The molecule has 0 aliphatic carbocycles. The van der Waals surface area contributed by atoms with Gasteiger partial charge < -0.3 is 15.4 Å². The van der Waals surface area contributed by atoms with E-state index in [0.29, 0.717) is 24.8 Å². The number of anilines is 2. The van der Waals surface area contributed by atoms with Crippen LogP contribution in [0.2, 0.25) is 0 Å². The SMILES string of the molecule is COCCN=C(NN)Nc1cccc(NC(C)=O)c1. The summed E-state index contributed by atoms with van der Waals surface area (Å²) in [5.74, 6) is 5.67. The fourth-order valence-corrected chi connectivity index (χ4v) is 1.38. The molecule has 1 aromatic rings. The first kappa shape index (κ1) is 14.9. The molecular formula is C12H19N5O2. The normalized spacial score (nSPS) is 11.0. The smallest absolute Gasteiger partial charge is 0.221 e. The number of carbonyl (C=O) groups excluding carboxylic acids is 1. The summed E-state index contributed by atoms with van der Waals surface area (Å²) in [6.07, 6.45) is 0. The molecule has 1 rings (SSSR count). The van der Waals surface area contributed by atoms with E-state index in [0.717, 1.165) is 5.69 Å². The van der Waals surface area contributed by atoms with E-state index in [9.17, 15) is 4.79 Å². The van der Waals surface area contributed by atoms with Crippen molar-refractivity contribution in [3.8, 4) is 0 Å². The van der Waals surface area contributed by atoms with Crippen LogP contribution in [0.25, 0.3) is 0 Å². The highest BCUT2D eigenvalue weighted by Gasteiger charge is 2.00. The van der Waals surface area contributed by atoms with E-state index in [1.165, 1.54) is 6.92 Å². The Labute approximate surface area is 112 Å². The van der Waals surface area contributed by atoms with Crippen LogP contribution in [-0.2, 0) is 9.53 Å². The lowest BCUT2D eigenvalue weighted by atomic mass is 10.3. The Morgan fingerprint density at radius 2 is 2.05 bits per heavy atom. The second-order valence-electron chi connectivity index (χ2n) is 3.75. The molecule has 1 aromatic carbocycles. The molecule has 5 N–H and O–H groups in total. The van der Waals surface area contributed by atoms with Crippen molar-refractivity contribution in [1.82, 2.24) is 5.43 Å². The number of hydrogen-bond acceptors (Lipinski definition) is 4. The maximum atomic E-state index is 11.0. The van der Waals surface area contributed by atoms with Crippen LogP contribution >= 0.6 is 0 Å². The van der Waals surface area contributed by atoms with Crippen LogP contribution in [0, 0.1) is 0 Å². The van der Waals surface area contributed by atoms with E-state index in [4.69, 9.17) is 10.6 Å². The van der Waals surface area contributed by atoms with Gasteiger partial charge in [0.2, 0.25) is 11.9 Å². The molecule has 0 saturated carbocycles. The van der Waals surface area contributed by atoms with Gasteiger partial charge in [0, 0.05) is 25.4 Å². The summed E-state index contributed by atoms with van der Waals surface area (Å²) in [5.41, 5.74) is 3.93. The molecule has 0 aliphatic rings. The Kier molecular flexibility index (Phi) is 6.34. The van der Waals surface area contributed by atoms with E-state index in [1.807, 2.05) is 12.1 Å². The highest BCUT2D eigenvalue weighted by Crippen LogP contribution is 2.14. The first-order valence-corrected chi connectivity index (χ1v) is 5.80. The summed E-state index contributed by atoms with van der Waals surface area (Å²) < 4.78 is 4.90. The first-order valence-electron chi connectivity index (χ1n) is 5.80. The molecule has 0 heterocycles. The predicted molar refractivity (Wildman–Crippen MR) is 75.9 cm³/mol. The summed E-state index contributed by atoms with van der Waals surface area (Å²) in [7, 11) is 1.61. The van der Waals surface area contributed by atoms with Crippen molar-refractivity contribution >= 4 is 23.2 Å². The average molecular weight is 265 g/mol. The molecule has 7 nitrogen and oxygen atoms in total. The zero-order valence-electron chi connectivity index (χ0n) is 11.1. The maximum Gasteiger partial charge on any atom is 0.221 e. The lowest BCUT2D eigenvalue weighted by molar-refractivity contribution is -0.114. The number of methoxy groups -OCH3 is 1. The van der Waals surface area contributed by atoms with Crippen LogP contribution < -0.4 is 21.9 Å². The van der Waals surface area contributed by atoms with E-state index >= 15 is 0 Å². The van der Waals surface area contributed by atoms with Crippen molar-refractivity contribution in [1.29, 1.82) is 0 Å². The van der Waals surface area contributed by atoms with Gasteiger partial charge in [0.15, 0.2) is 0 Å². The molecule has 0 bridgehead atoms. The van der Waals surface area contributed by atoms with Crippen molar-refractivity contribution in [2.75, 3.05) is 30.9 Å². The van der Waals surface area contributed by atoms with E-state index in [1.54, 1.807) is 19.2 Å². The molecule has 0 radical (unpaired) electrons. The largest absolute Gasteiger partial charge is 0.383 e. The molecule has 104 valence electrons. The summed E-state index contributed by atoms with van der Waals surface area (Å²) in [6.45, 7) is 2.46. The number of nitrogens with zero attached hydrogens (tertiary/aromatic N) is 1. The van der Waals surface area contributed by atoms with E-state index in [-0.39, 0.29) is 5.91 Å².